The van der Waals surface area contributed by atoms with Crippen molar-refractivity contribution in [1.82, 2.24) is 10.6 Å². The van der Waals surface area contributed by atoms with E-state index in [0.717, 1.165) is 32.4 Å². The summed E-state index contributed by atoms with van der Waals surface area (Å²) in [7, 11) is 1.36. The Kier molecular flexibility index (Phi) is 5.62. The number of amides is 1. The summed E-state index contributed by atoms with van der Waals surface area (Å²) in [6, 6.07) is -0.149. The van der Waals surface area contributed by atoms with Crippen molar-refractivity contribution in [1.29, 1.82) is 0 Å². The number of rotatable bonds is 4. The van der Waals surface area contributed by atoms with Crippen LogP contribution in [0.15, 0.2) is 0 Å². The molecule has 1 amide bonds. The average molecular weight is 291 g/mol. The van der Waals surface area contributed by atoms with Crippen LogP contribution in [0.1, 0.15) is 32.6 Å². The molecule has 2 atom stereocenters. The number of nitrogens with one attached hydrogen (secondary N) is 2. The van der Waals surface area contributed by atoms with Crippen molar-refractivity contribution in [3.63, 3.8) is 0 Å². The van der Waals surface area contributed by atoms with Crippen LogP contribution in [-0.4, -0.2) is 38.1 Å². The summed E-state index contributed by atoms with van der Waals surface area (Å²) in [5.74, 6) is -0.0248. The molecule has 1 aliphatic heterocycles. The van der Waals surface area contributed by atoms with Gasteiger partial charge in [0.2, 0.25) is 5.91 Å². The molecule has 1 saturated carbocycles. The minimum Gasteiger partial charge on any atom is -0.469 e. The molecule has 0 aromatic rings. The van der Waals surface area contributed by atoms with E-state index in [1.807, 2.05) is 6.92 Å². The highest BCUT2D eigenvalue weighted by Gasteiger charge is 2.57. The maximum atomic E-state index is 12.1. The second-order valence-electron chi connectivity index (χ2n) is 5.56. The van der Waals surface area contributed by atoms with Crippen molar-refractivity contribution in [3.8, 4) is 0 Å². The van der Waals surface area contributed by atoms with Gasteiger partial charge >= 0.3 is 5.97 Å². The molecule has 1 saturated heterocycles. The first-order valence-electron chi connectivity index (χ1n) is 6.65. The molecule has 1 spiro atoms. The number of ether oxygens (including phenoxy) is 1. The fourth-order valence-electron chi connectivity index (χ4n) is 2.92. The first-order valence-corrected chi connectivity index (χ1v) is 6.65. The number of hydrogen-bond donors (Lipinski definition) is 2. The Hall–Kier alpha value is -0.810. The van der Waals surface area contributed by atoms with Gasteiger partial charge in [0.25, 0.3) is 0 Å². The normalized spacial score (nSPS) is 25.1. The van der Waals surface area contributed by atoms with Crippen molar-refractivity contribution >= 4 is 24.3 Å². The van der Waals surface area contributed by atoms with Gasteiger partial charge in [0.1, 0.15) is 0 Å². The standard InChI is InChI=1S/C13H22N2O3.ClH/c1-9(7-11(16)18-2)15-12(17)10-8-13(10)3-5-14-6-4-13;/h9-10,14H,3-8H2,1-2H3,(H,15,17);1H. The molecule has 2 unspecified atom stereocenters. The Balaban J connectivity index is 0.00000180. The Morgan fingerprint density at radius 1 is 1.42 bits per heavy atom. The molecular weight excluding hydrogens is 268 g/mol. The van der Waals surface area contributed by atoms with E-state index in [4.69, 9.17) is 0 Å². The molecule has 2 fully saturated rings. The number of piperidine rings is 1. The highest BCUT2D eigenvalue weighted by molar-refractivity contribution is 5.85. The Morgan fingerprint density at radius 2 is 2.05 bits per heavy atom. The highest BCUT2D eigenvalue weighted by atomic mass is 35.5. The van der Waals surface area contributed by atoms with Crippen molar-refractivity contribution < 1.29 is 14.3 Å². The van der Waals surface area contributed by atoms with E-state index in [9.17, 15) is 9.59 Å². The van der Waals surface area contributed by atoms with Crippen molar-refractivity contribution in [2.45, 2.75) is 38.6 Å². The van der Waals surface area contributed by atoms with Crippen LogP contribution in [-0.2, 0) is 14.3 Å². The fraction of sp³-hybridized carbons (Fsp3) is 0.846. The van der Waals surface area contributed by atoms with Gasteiger partial charge in [-0.1, -0.05) is 0 Å². The van der Waals surface area contributed by atoms with Crippen LogP contribution < -0.4 is 10.6 Å². The van der Waals surface area contributed by atoms with E-state index in [1.165, 1.54) is 7.11 Å². The second-order valence-corrected chi connectivity index (χ2v) is 5.56. The fourth-order valence-corrected chi connectivity index (χ4v) is 2.92. The van der Waals surface area contributed by atoms with Gasteiger partial charge in [0.05, 0.1) is 13.5 Å². The number of halogens is 1. The third kappa shape index (κ3) is 3.83. The number of esters is 1. The lowest BCUT2D eigenvalue weighted by atomic mass is 9.91. The predicted octanol–water partition coefficient (Wildman–Crippen LogP) is 0.866. The number of carbonyl (C=O) groups excluding carboxylic acids is 2. The van der Waals surface area contributed by atoms with Gasteiger partial charge in [0.15, 0.2) is 0 Å². The zero-order chi connectivity index (χ0) is 13.2. The third-order valence-corrected chi connectivity index (χ3v) is 4.19. The van der Waals surface area contributed by atoms with Crippen LogP contribution in [0.25, 0.3) is 0 Å². The lowest BCUT2D eigenvalue weighted by Gasteiger charge is -2.23. The van der Waals surface area contributed by atoms with Crippen LogP contribution in [0.4, 0.5) is 0 Å². The van der Waals surface area contributed by atoms with Crippen LogP contribution >= 0.6 is 12.4 Å². The zero-order valence-corrected chi connectivity index (χ0v) is 12.3. The molecule has 2 aliphatic rings. The quantitative estimate of drug-likeness (QED) is 0.754. The van der Waals surface area contributed by atoms with Crippen LogP contribution in [0.3, 0.4) is 0 Å². The monoisotopic (exact) mass is 290 g/mol. The summed E-state index contributed by atoms with van der Waals surface area (Å²) in [4.78, 5) is 23.2. The summed E-state index contributed by atoms with van der Waals surface area (Å²) in [5, 5.41) is 6.24. The lowest BCUT2D eigenvalue weighted by Crippen LogP contribution is -2.38. The molecular formula is C13H23ClN2O3. The topological polar surface area (TPSA) is 67.4 Å². The summed E-state index contributed by atoms with van der Waals surface area (Å²) in [5.41, 5.74) is 0.250. The summed E-state index contributed by atoms with van der Waals surface area (Å²) in [6.45, 7) is 3.87. The Labute approximate surface area is 120 Å². The molecule has 5 nitrogen and oxygen atoms in total. The Bertz CT molecular complexity index is 343. The molecule has 2 rings (SSSR count). The van der Waals surface area contributed by atoms with E-state index in [0.29, 0.717) is 0 Å². The molecule has 6 heteroatoms. The molecule has 0 aromatic carbocycles. The molecule has 110 valence electrons. The second kappa shape index (κ2) is 6.57. The minimum atomic E-state index is -0.282. The number of hydrogen-bond acceptors (Lipinski definition) is 4. The van der Waals surface area contributed by atoms with E-state index >= 15 is 0 Å². The molecule has 0 radical (unpaired) electrons. The Morgan fingerprint density at radius 3 is 2.63 bits per heavy atom. The average Bonchev–Trinajstić information content (AvgIpc) is 3.03. The lowest BCUT2D eigenvalue weighted by molar-refractivity contribution is -0.141. The largest absolute Gasteiger partial charge is 0.469 e. The molecule has 1 aliphatic carbocycles. The van der Waals surface area contributed by atoms with E-state index in [-0.39, 0.29) is 48.1 Å². The third-order valence-electron chi connectivity index (χ3n) is 4.19. The number of methoxy groups -OCH3 is 1. The van der Waals surface area contributed by atoms with Gasteiger partial charge in [-0.3, -0.25) is 9.59 Å². The summed E-state index contributed by atoms with van der Waals surface area (Å²) < 4.78 is 4.59. The maximum Gasteiger partial charge on any atom is 0.307 e. The summed E-state index contributed by atoms with van der Waals surface area (Å²) >= 11 is 0. The van der Waals surface area contributed by atoms with Crippen molar-refractivity contribution in [3.05, 3.63) is 0 Å². The van der Waals surface area contributed by atoms with Crippen molar-refractivity contribution in [2.75, 3.05) is 20.2 Å². The SMILES string of the molecule is COC(=O)CC(C)NC(=O)C1CC12CCNCC2.Cl. The molecule has 1 heterocycles. The van der Waals surface area contributed by atoms with Crippen LogP contribution in [0, 0.1) is 11.3 Å². The van der Waals surface area contributed by atoms with Crippen LogP contribution in [0.5, 0.6) is 0 Å². The minimum absolute atomic E-state index is 0. The molecule has 0 bridgehead atoms. The van der Waals surface area contributed by atoms with Gasteiger partial charge in [-0.25, -0.2) is 0 Å². The first kappa shape index (κ1) is 16.2. The highest BCUT2D eigenvalue weighted by Crippen LogP contribution is 2.58. The smallest absolute Gasteiger partial charge is 0.307 e. The number of carbonyl (C=O) groups is 2. The van der Waals surface area contributed by atoms with Gasteiger partial charge in [-0.15, -0.1) is 12.4 Å². The van der Waals surface area contributed by atoms with E-state index in [2.05, 4.69) is 15.4 Å². The zero-order valence-electron chi connectivity index (χ0n) is 11.5. The summed E-state index contributed by atoms with van der Waals surface area (Å²) in [6.07, 6.45) is 3.43. The molecule has 19 heavy (non-hydrogen) atoms. The predicted molar refractivity (Wildman–Crippen MR) is 74.1 cm³/mol. The first-order chi connectivity index (χ1) is 8.57. The van der Waals surface area contributed by atoms with E-state index < -0.39 is 0 Å². The van der Waals surface area contributed by atoms with Crippen molar-refractivity contribution in [2.24, 2.45) is 11.3 Å². The molecule has 0 aromatic heterocycles. The maximum absolute atomic E-state index is 12.1. The van der Waals surface area contributed by atoms with Gasteiger partial charge < -0.3 is 15.4 Å². The van der Waals surface area contributed by atoms with Crippen LogP contribution in [0.2, 0.25) is 0 Å². The molecule has 2 N–H and O–H groups in total. The van der Waals surface area contributed by atoms with E-state index in [1.54, 1.807) is 0 Å². The van der Waals surface area contributed by atoms with Gasteiger partial charge in [-0.05, 0) is 44.7 Å². The van der Waals surface area contributed by atoms with Gasteiger partial charge in [-0.2, -0.15) is 0 Å². The van der Waals surface area contributed by atoms with Gasteiger partial charge in [0, 0.05) is 12.0 Å².